The summed E-state index contributed by atoms with van der Waals surface area (Å²) in [5, 5.41) is 4.10. The van der Waals surface area contributed by atoms with Gasteiger partial charge in [0.25, 0.3) is 5.56 Å². The number of hydrogen-bond acceptors (Lipinski definition) is 6. The Morgan fingerprint density at radius 3 is 2.80 bits per heavy atom. The van der Waals surface area contributed by atoms with Crippen molar-refractivity contribution in [1.29, 1.82) is 0 Å². The van der Waals surface area contributed by atoms with Gasteiger partial charge < -0.3 is 14.8 Å². The molecule has 7 nitrogen and oxygen atoms in total. The van der Waals surface area contributed by atoms with Crippen molar-refractivity contribution >= 4 is 34.3 Å². The topological polar surface area (TPSA) is 82.5 Å². The molecular formula is C22H21N3O4S. The molecule has 2 heterocycles. The number of para-hydroxylation sites is 1. The lowest BCUT2D eigenvalue weighted by Gasteiger charge is -2.18. The molecule has 0 saturated heterocycles. The van der Waals surface area contributed by atoms with Gasteiger partial charge in [-0.15, -0.1) is 0 Å². The number of aromatic nitrogens is 2. The summed E-state index contributed by atoms with van der Waals surface area (Å²) in [7, 11) is 0. The van der Waals surface area contributed by atoms with Crippen LogP contribution in [-0.2, 0) is 4.79 Å². The van der Waals surface area contributed by atoms with E-state index in [1.54, 1.807) is 22.8 Å². The van der Waals surface area contributed by atoms with E-state index in [0.717, 1.165) is 25.7 Å². The highest BCUT2D eigenvalue weighted by Crippen LogP contribution is 2.35. The fourth-order valence-corrected chi connectivity index (χ4v) is 4.88. The largest absolute Gasteiger partial charge is 0.454 e. The molecule has 1 saturated carbocycles. The van der Waals surface area contributed by atoms with E-state index in [1.165, 1.54) is 11.8 Å². The third-order valence-electron chi connectivity index (χ3n) is 5.45. The molecule has 8 heteroatoms. The SMILES string of the molecule is O=C(CSc1nc2ccccc2c(=O)n1C1CCCC1)Nc1ccc2c(c1)OCO2. The van der Waals surface area contributed by atoms with Crippen molar-refractivity contribution in [2.24, 2.45) is 0 Å². The number of carbonyl (C=O) groups is 1. The van der Waals surface area contributed by atoms with Gasteiger partial charge in [-0.25, -0.2) is 4.98 Å². The highest BCUT2D eigenvalue weighted by Gasteiger charge is 2.23. The number of rotatable bonds is 5. The molecule has 1 aliphatic heterocycles. The number of nitrogens with zero attached hydrogens (tertiary/aromatic N) is 2. The number of thioether (sulfide) groups is 1. The quantitative estimate of drug-likeness (QED) is 0.494. The molecule has 2 aliphatic rings. The van der Waals surface area contributed by atoms with Gasteiger partial charge in [0.05, 0.1) is 16.7 Å². The van der Waals surface area contributed by atoms with Gasteiger partial charge in [-0.1, -0.05) is 36.7 Å². The van der Waals surface area contributed by atoms with E-state index in [1.807, 2.05) is 24.3 Å². The molecule has 0 spiro atoms. The number of anilines is 1. The van der Waals surface area contributed by atoms with Gasteiger partial charge in [-0.2, -0.15) is 0 Å². The molecule has 1 aliphatic carbocycles. The molecule has 1 N–H and O–H groups in total. The molecule has 1 amide bonds. The maximum absolute atomic E-state index is 13.2. The Bertz CT molecular complexity index is 1170. The van der Waals surface area contributed by atoms with Gasteiger partial charge >= 0.3 is 0 Å². The second kappa shape index (κ2) is 8.02. The number of fused-ring (bicyclic) bond motifs is 2. The van der Waals surface area contributed by atoms with Gasteiger partial charge in [0.15, 0.2) is 16.7 Å². The number of nitrogens with one attached hydrogen (secondary N) is 1. The van der Waals surface area contributed by atoms with E-state index in [2.05, 4.69) is 5.32 Å². The average Bonchev–Trinajstić information content (AvgIpc) is 3.44. The molecule has 0 bridgehead atoms. The Labute approximate surface area is 177 Å². The summed E-state index contributed by atoms with van der Waals surface area (Å²) in [4.78, 5) is 30.4. The van der Waals surface area contributed by atoms with Crippen molar-refractivity contribution in [2.75, 3.05) is 17.9 Å². The Kier molecular flexibility index (Phi) is 5.08. The highest BCUT2D eigenvalue weighted by atomic mass is 32.2. The summed E-state index contributed by atoms with van der Waals surface area (Å²) >= 11 is 1.30. The number of carbonyl (C=O) groups excluding carboxylic acids is 1. The van der Waals surface area contributed by atoms with E-state index in [0.29, 0.717) is 33.2 Å². The molecule has 30 heavy (non-hydrogen) atoms. The van der Waals surface area contributed by atoms with Gasteiger partial charge in [-0.3, -0.25) is 14.2 Å². The van der Waals surface area contributed by atoms with Crippen LogP contribution in [0.4, 0.5) is 5.69 Å². The van der Waals surface area contributed by atoms with Crippen molar-refractivity contribution < 1.29 is 14.3 Å². The summed E-state index contributed by atoms with van der Waals surface area (Å²) in [6.07, 6.45) is 4.16. The van der Waals surface area contributed by atoms with Crippen LogP contribution >= 0.6 is 11.8 Å². The predicted octanol–water partition coefficient (Wildman–Crippen LogP) is 3.97. The lowest BCUT2D eigenvalue weighted by atomic mass is 10.2. The maximum Gasteiger partial charge on any atom is 0.262 e. The lowest BCUT2D eigenvalue weighted by Crippen LogP contribution is -2.27. The molecule has 5 rings (SSSR count). The summed E-state index contributed by atoms with van der Waals surface area (Å²) in [6, 6.07) is 12.8. The molecule has 3 aromatic rings. The van der Waals surface area contributed by atoms with E-state index in [9.17, 15) is 9.59 Å². The first-order chi connectivity index (χ1) is 14.7. The molecule has 1 fully saturated rings. The van der Waals surface area contributed by atoms with Crippen LogP contribution in [0.2, 0.25) is 0 Å². The predicted molar refractivity (Wildman–Crippen MR) is 115 cm³/mol. The normalized spacial score (nSPS) is 15.6. The summed E-state index contributed by atoms with van der Waals surface area (Å²) in [6.45, 7) is 0.189. The van der Waals surface area contributed by atoms with Gasteiger partial charge in [-0.05, 0) is 37.1 Å². The number of amides is 1. The van der Waals surface area contributed by atoms with E-state index in [4.69, 9.17) is 14.5 Å². The molecule has 154 valence electrons. The summed E-state index contributed by atoms with van der Waals surface area (Å²) in [5.74, 6) is 1.28. The Morgan fingerprint density at radius 1 is 1.13 bits per heavy atom. The van der Waals surface area contributed by atoms with E-state index in [-0.39, 0.29) is 30.1 Å². The number of benzene rings is 2. The van der Waals surface area contributed by atoms with E-state index >= 15 is 0 Å². The van der Waals surface area contributed by atoms with Crippen LogP contribution in [0, 0.1) is 0 Å². The van der Waals surface area contributed by atoms with Crippen LogP contribution in [0.3, 0.4) is 0 Å². The molecule has 2 aromatic carbocycles. The number of hydrogen-bond donors (Lipinski definition) is 1. The Balaban J connectivity index is 1.37. The minimum absolute atomic E-state index is 0.0221. The third kappa shape index (κ3) is 3.63. The minimum Gasteiger partial charge on any atom is -0.454 e. The first kappa shape index (κ1) is 19.0. The maximum atomic E-state index is 13.2. The summed E-state index contributed by atoms with van der Waals surface area (Å²) in [5.41, 5.74) is 1.28. The Hall–Kier alpha value is -3.00. The van der Waals surface area contributed by atoms with E-state index < -0.39 is 0 Å². The van der Waals surface area contributed by atoms with Crippen LogP contribution < -0.4 is 20.3 Å². The van der Waals surface area contributed by atoms with Gasteiger partial charge in [0, 0.05) is 17.8 Å². The van der Waals surface area contributed by atoms with Crippen LogP contribution in [0.15, 0.2) is 52.4 Å². The first-order valence-corrected chi connectivity index (χ1v) is 11.0. The van der Waals surface area contributed by atoms with Crippen LogP contribution in [0.25, 0.3) is 10.9 Å². The minimum atomic E-state index is -0.167. The third-order valence-corrected chi connectivity index (χ3v) is 6.41. The zero-order chi connectivity index (χ0) is 20.5. The average molecular weight is 423 g/mol. The zero-order valence-electron chi connectivity index (χ0n) is 16.3. The van der Waals surface area contributed by atoms with Crippen molar-refractivity contribution in [1.82, 2.24) is 9.55 Å². The highest BCUT2D eigenvalue weighted by molar-refractivity contribution is 7.99. The first-order valence-electron chi connectivity index (χ1n) is 10.0. The molecule has 0 atom stereocenters. The standard InChI is InChI=1S/C22H21N3O4S/c26-20(23-14-9-10-18-19(11-14)29-13-28-18)12-30-22-24-17-8-4-3-7-16(17)21(27)25(22)15-5-1-2-6-15/h3-4,7-11,15H,1-2,5-6,12-13H2,(H,23,26). The second-order valence-electron chi connectivity index (χ2n) is 7.43. The molecule has 0 radical (unpaired) electrons. The van der Waals surface area contributed by atoms with Crippen molar-refractivity contribution in [3.05, 3.63) is 52.8 Å². The second-order valence-corrected chi connectivity index (χ2v) is 8.37. The fourth-order valence-electron chi connectivity index (χ4n) is 4.01. The fraction of sp³-hybridized carbons (Fsp3) is 0.318. The summed E-state index contributed by atoms with van der Waals surface area (Å²) < 4.78 is 12.4. The van der Waals surface area contributed by atoms with Crippen LogP contribution in [0.1, 0.15) is 31.7 Å². The smallest absolute Gasteiger partial charge is 0.262 e. The van der Waals surface area contributed by atoms with Crippen molar-refractivity contribution in [3.8, 4) is 11.5 Å². The molecule has 1 aromatic heterocycles. The van der Waals surface area contributed by atoms with Crippen molar-refractivity contribution in [2.45, 2.75) is 36.9 Å². The van der Waals surface area contributed by atoms with Crippen molar-refractivity contribution in [3.63, 3.8) is 0 Å². The zero-order valence-corrected chi connectivity index (χ0v) is 17.1. The van der Waals surface area contributed by atoms with Crippen LogP contribution in [0.5, 0.6) is 11.5 Å². The monoisotopic (exact) mass is 423 g/mol. The number of ether oxygens (including phenoxy) is 2. The van der Waals surface area contributed by atoms with Crippen LogP contribution in [-0.4, -0.2) is 28.0 Å². The van der Waals surface area contributed by atoms with Gasteiger partial charge in [0.1, 0.15) is 0 Å². The molecular weight excluding hydrogens is 402 g/mol. The molecule has 0 unspecified atom stereocenters. The Morgan fingerprint density at radius 2 is 1.93 bits per heavy atom. The lowest BCUT2D eigenvalue weighted by molar-refractivity contribution is -0.113. The van der Waals surface area contributed by atoms with Gasteiger partial charge in [0.2, 0.25) is 12.7 Å².